The maximum Gasteiger partial charge on any atom is 0.305 e. The van der Waals surface area contributed by atoms with E-state index >= 15 is 0 Å². The molecule has 0 spiro atoms. The molecule has 1 aromatic carbocycles. The lowest BCUT2D eigenvalue weighted by Gasteiger charge is -2.33. The van der Waals surface area contributed by atoms with Crippen LogP contribution < -0.4 is 5.32 Å². The Morgan fingerprint density at radius 3 is 2.70 bits per heavy atom. The molecule has 124 valence electrons. The Bertz CT molecular complexity index is 739. The monoisotopic (exact) mass is 320 g/mol. The molecular formula is C17H21FN2O3. The standard InChI is InChI=1S/C17H21FN2O3/c1-10(2)17(3,8-16(22)23)20-15(21)6-11-9-19-14-7-12(18)4-5-13(11)14/h4-5,7,9-10,19H,6,8H2,1-3H3,(H,20,21)(H,22,23). The number of aliphatic carboxylic acids is 1. The molecule has 0 fully saturated rings. The number of fused-ring (bicyclic) bond motifs is 1. The molecule has 0 radical (unpaired) electrons. The SMILES string of the molecule is CC(C)C(C)(CC(=O)O)NC(=O)Cc1c[nH]c2cc(F)ccc12. The summed E-state index contributed by atoms with van der Waals surface area (Å²) in [7, 11) is 0. The van der Waals surface area contributed by atoms with Gasteiger partial charge >= 0.3 is 5.97 Å². The molecule has 2 rings (SSSR count). The minimum absolute atomic E-state index is 0.0281. The minimum atomic E-state index is -0.955. The number of halogens is 1. The lowest BCUT2D eigenvalue weighted by atomic mass is 9.85. The van der Waals surface area contributed by atoms with E-state index in [9.17, 15) is 14.0 Å². The molecule has 0 aliphatic rings. The van der Waals surface area contributed by atoms with E-state index in [1.807, 2.05) is 13.8 Å². The molecule has 0 saturated carbocycles. The number of aromatic amines is 1. The van der Waals surface area contributed by atoms with Gasteiger partial charge in [-0.3, -0.25) is 9.59 Å². The van der Waals surface area contributed by atoms with E-state index in [1.54, 1.807) is 19.2 Å². The van der Waals surface area contributed by atoms with Gasteiger partial charge in [0, 0.05) is 22.6 Å². The lowest BCUT2D eigenvalue weighted by molar-refractivity contribution is -0.139. The Hall–Kier alpha value is -2.37. The van der Waals surface area contributed by atoms with Crippen molar-refractivity contribution in [3.8, 4) is 0 Å². The van der Waals surface area contributed by atoms with E-state index in [0.717, 1.165) is 10.9 Å². The van der Waals surface area contributed by atoms with E-state index in [0.29, 0.717) is 5.52 Å². The first-order valence-electron chi connectivity index (χ1n) is 7.49. The van der Waals surface area contributed by atoms with Crippen LogP contribution in [0.4, 0.5) is 4.39 Å². The van der Waals surface area contributed by atoms with Crippen LogP contribution in [0.25, 0.3) is 10.9 Å². The van der Waals surface area contributed by atoms with Crippen molar-refractivity contribution in [2.75, 3.05) is 0 Å². The number of amides is 1. The lowest BCUT2D eigenvalue weighted by Crippen LogP contribution is -2.51. The van der Waals surface area contributed by atoms with Crippen LogP contribution in [-0.4, -0.2) is 27.5 Å². The summed E-state index contributed by atoms with van der Waals surface area (Å²) in [6.07, 6.45) is 1.64. The zero-order valence-electron chi connectivity index (χ0n) is 13.4. The highest BCUT2D eigenvalue weighted by Crippen LogP contribution is 2.23. The van der Waals surface area contributed by atoms with Gasteiger partial charge in [-0.25, -0.2) is 4.39 Å². The number of hydrogen-bond acceptors (Lipinski definition) is 2. The number of carboxylic acids is 1. The summed E-state index contributed by atoms with van der Waals surface area (Å²) in [5.74, 6) is -1.58. The Balaban J connectivity index is 2.15. The normalized spacial score (nSPS) is 14.0. The predicted molar refractivity (Wildman–Crippen MR) is 85.6 cm³/mol. The average Bonchev–Trinajstić information content (AvgIpc) is 2.79. The molecule has 0 aliphatic heterocycles. The van der Waals surface area contributed by atoms with Crippen molar-refractivity contribution in [3.63, 3.8) is 0 Å². The molecule has 0 aliphatic carbocycles. The van der Waals surface area contributed by atoms with Gasteiger partial charge < -0.3 is 15.4 Å². The summed E-state index contributed by atoms with van der Waals surface area (Å²) in [4.78, 5) is 26.3. The zero-order chi connectivity index (χ0) is 17.2. The van der Waals surface area contributed by atoms with Crippen LogP contribution in [0.15, 0.2) is 24.4 Å². The quantitative estimate of drug-likeness (QED) is 0.765. The van der Waals surface area contributed by atoms with Crippen molar-refractivity contribution in [2.45, 2.75) is 39.2 Å². The molecule has 0 saturated heterocycles. The third-order valence-electron chi connectivity index (χ3n) is 4.30. The zero-order valence-corrected chi connectivity index (χ0v) is 13.4. The third-order valence-corrected chi connectivity index (χ3v) is 4.30. The highest BCUT2D eigenvalue weighted by Gasteiger charge is 2.32. The Labute approximate surface area is 133 Å². The van der Waals surface area contributed by atoms with Crippen molar-refractivity contribution < 1.29 is 19.1 Å². The maximum atomic E-state index is 13.2. The molecule has 1 aromatic heterocycles. The highest BCUT2D eigenvalue weighted by molar-refractivity contribution is 5.89. The Kier molecular flexibility index (Phi) is 4.73. The second kappa shape index (κ2) is 6.40. The molecule has 1 atom stereocenters. The first kappa shape index (κ1) is 17.0. The van der Waals surface area contributed by atoms with E-state index in [4.69, 9.17) is 5.11 Å². The number of nitrogens with one attached hydrogen (secondary N) is 2. The number of hydrogen-bond donors (Lipinski definition) is 3. The van der Waals surface area contributed by atoms with Crippen LogP contribution in [0, 0.1) is 11.7 Å². The van der Waals surface area contributed by atoms with Crippen LogP contribution in [-0.2, 0) is 16.0 Å². The fourth-order valence-corrected chi connectivity index (χ4v) is 2.55. The summed E-state index contributed by atoms with van der Waals surface area (Å²) in [6, 6.07) is 4.35. The topological polar surface area (TPSA) is 82.2 Å². The number of carbonyl (C=O) groups is 2. The number of aromatic nitrogens is 1. The number of H-pyrrole nitrogens is 1. The number of carbonyl (C=O) groups excluding carboxylic acids is 1. The predicted octanol–water partition coefficient (Wildman–Crippen LogP) is 2.86. The summed E-state index contributed by atoms with van der Waals surface area (Å²) < 4.78 is 13.2. The summed E-state index contributed by atoms with van der Waals surface area (Å²) in [5.41, 5.74) is 0.560. The van der Waals surface area contributed by atoms with Crippen molar-refractivity contribution in [1.82, 2.24) is 10.3 Å². The van der Waals surface area contributed by atoms with Gasteiger partial charge in [0.15, 0.2) is 0 Å². The molecule has 0 bridgehead atoms. The van der Waals surface area contributed by atoms with E-state index in [2.05, 4.69) is 10.3 Å². The minimum Gasteiger partial charge on any atom is -0.481 e. The second-order valence-corrected chi connectivity index (χ2v) is 6.37. The van der Waals surface area contributed by atoms with E-state index in [-0.39, 0.29) is 30.5 Å². The number of benzene rings is 1. The van der Waals surface area contributed by atoms with Gasteiger partial charge in [-0.05, 0) is 36.6 Å². The van der Waals surface area contributed by atoms with Gasteiger partial charge in [-0.1, -0.05) is 13.8 Å². The maximum absolute atomic E-state index is 13.2. The van der Waals surface area contributed by atoms with E-state index < -0.39 is 11.5 Å². The molecule has 6 heteroatoms. The van der Waals surface area contributed by atoms with Crippen LogP contribution in [0.3, 0.4) is 0 Å². The first-order chi connectivity index (χ1) is 10.7. The van der Waals surface area contributed by atoms with Gasteiger partial charge in [0.2, 0.25) is 5.91 Å². The summed E-state index contributed by atoms with van der Waals surface area (Å²) in [6.45, 7) is 5.48. The van der Waals surface area contributed by atoms with Gasteiger partial charge in [-0.15, -0.1) is 0 Å². The molecule has 3 N–H and O–H groups in total. The van der Waals surface area contributed by atoms with Crippen molar-refractivity contribution >= 4 is 22.8 Å². The van der Waals surface area contributed by atoms with Gasteiger partial charge in [0.1, 0.15) is 5.82 Å². The summed E-state index contributed by atoms with van der Waals surface area (Å²) >= 11 is 0. The molecule has 5 nitrogen and oxygen atoms in total. The van der Waals surface area contributed by atoms with Crippen LogP contribution in [0.1, 0.15) is 32.8 Å². The number of carboxylic acid groups (broad SMARTS) is 1. The van der Waals surface area contributed by atoms with Gasteiger partial charge in [0.25, 0.3) is 0 Å². The molecule has 2 aromatic rings. The van der Waals surface area contributed by atoms with Crippen molar-refractivity contribution in [3.05, 3.63) is 35.8 Å². The van der Waals surface area contributed by atoms with Crippen molar-refractivity contribution in [2.24, 2.45) is 5.92 Å². The van der Waals surface area contributed by atoms with Gasteiger partial charge in [0.05, 0.1) is 12.8 Å². The second-order valence-electron chi connectivity index (χ2n) is 6.37. The summed E-state index contributed by atoms with van der Waals surface area (Å²) in [5, 5.41) is 12.7. The fraction of sp³-hybridized carbons (Fsp3) is 0.412. The Morgan fingerprint density at radius 1 is 1.39 bits per heavy atom. The smallest absolute Gasteiger partial charge is 0.305 e. The molecule has 1 amide bonds. The third kappa shape index (κ3) is 3.88. The molecule has 23 heavy (non-hydrogen) atoms. The van der Waals surface area contributed by atoms with E-state index in [1.165, 1.54) is 12.1 Å². The molecular weight excluding hydrogens is 299 g/mol. The Morgan fingerprint density at radius 2 is 2.09 bits per heavy atom. The van der Waals surface area contributed by atoms with Crippen LogP contribution in [0.2, 0.25) is 0 Å². The van der Waals surface area contributed by atoms with Gasteiger partial charge in [-0.2, -0.15) is 0 Å². The highest BCUT2D eigenvalue weighted by atomic mass is 19.1. The van der Waals surface area contributed by atoms with Crippen LogP contribution in [0.5, 0.6) is 0 Å². The molecule has 1 unspecified atom stereocenters. The van der Waals surface area contributed by atoms with Crippen LogP contribution >= 0.6 is 0 Å². The average molecular weight is 320 g/mol. The number of rotatable bonds is 6. The largest absolute Gasteiger partial charge is 0.481 e. The molecule has 1 heterocycles. The first-order valence-corrected chi connectivity index (χ1v) is 7.49. The van der Waals surface area contributed by atoms with Crippen molar-refractivity contribution in [1.29, 1.82) is 0 Å². The fourth-order valence-electron chi connectivity index (χ4n) is 2.55.